The van der Waals surface area contributed by atoms with E-state index in [1.54, 1.807) is 18.5 Å². The third kappa shape index (κ3) is 2.99. The topological polar surface area (TPSA) is 67.1 Å². The highest BCUT2D eigenvalue weighted by atomic mass is 35.5. The van der Waals surface area contributed by atoms with Gasteiger partial charge in [-0.05, 0) is 29.8 Å². The number of phenolic OH excluding ortho intramolecular Hbond substituents is 1. The predicted molar refractivity (Wildman–Crippen MR) is 99.6 cm³/mol. The molecule has 2 N–H and O–H groups in total. The van der Waals surface area contributed by atoms with Crippen LogP contribution in [0.3, 0.4) is 0 Å². The zero-order chi connectivity index (χ0) is 17.4. The second-order valence-electron chi connectivity index (χ2n) is 5.63. The van der Waals surface area contributed by atoms with E-state index in [1.807, 2.05) is 41.0 Å². The first-order valence-electron chi connectivity index (χ1n) is 7.66. The largest absolute Gasteiger partial charge is 0.506 e. The van der Waals surface area contributed by atoms with Crippen LogP contribution in [0.25, 0.3) is 5.69 Å². The van der Waals surface area contributed by atoms with E-state index < -0.39 is 0 Å². The van der Waals surface area contributed by atoms with E-state index in [-0.39, 0.29) is 21.9 Å². The number of nitrogens with zero attached hydrogens (tertiary/aromatic N) is 2. The number of aromatic nitrogens is 2. The van der Waals surface area contributed by atoms with Crippen molar-refractivity contribution in [2.45, 2.75) is 5.25 Å². The summed E-state index contributed by atoms with van der Waals surface area (Å²) < 4.78 is 1.97. The molecule has 5 nitrogen and oxygen atoms in total. The number of aromatic hydroxyl groups is 1. The van der Waals surface area contributed by atoms with Gasteiger partial charge in [0.2, 0.25) is 5.91 Å². The number of carbonyl (C=O) groups excluding carboxylic acids is 1. The average Bonchev–Trinajstić information content (AvgIpc) is 2.94. The van der Waals surface area contributed by atoms with Crippen LogP contribution in [0.4, 0.5) is 5.82 Å². The summed E-state index contributed by atoms with van der Waals surface area (Å²) in [6, 6.07) is 15.0. The number of carbonyl (C=O) groups is 1. The summed E-state index contributed by atoms with van der Waals surface area (Å²) in [5.74, 6) is 0.814. The lowest BCUT2D eigenvalue weighted by atomic mass is 10.1. The van der Waals surface area contributed by atoms with Gasteiger partial charge in [0.05, 0.1) is 21.7 Å². The van der Waals surface area contributed by atoms with Crippen molar-refractivity contribution in [2.75, 3.05) is 11.1 Å². The van der Waals surface area contributed by atoms with Crippen LogP contribution in [0, 0.1) is 0 Å². The van der Waals surface area contributed by atoms with E-state index in [0.717, 1.165) is 16.9 Å². The molecule has 1 aromatic heterocycles. The van der Waals surface area contributed by atoms with Crippen molar-refractivity contribution in [3.63, 3.8) is 0 Å². The Morgan fingerprint density at radius 1 is 1.24 bits per heavy atom. The highest BCUT2D eigenvalue weighted by molar-refractivity contribution is 8.00. The zero-order valence-corrected chi connectivity index (χ0v) is 14.6. The highest BCUT2D eigenvalue weighted by Crippen LogP contribution is 2.43. The maximum absolute atomic E-state index is 12.0. The van der Waals surface area contributed by atoms with Crippen LogP contribution in [-0.2, 0) is 4.79 Å². The first-order valence-corrected chi connectivity index (χ1v) is 9.08. The first-order chi connectivity index (χ1) is 12.1. The van der Waals surface area contributed by atoms with Crippen LogP contribution in [0.5, 0.6) is 5.75 Å². The number of halogens is 1. The van der Waals surface area contributed by atoms with Gasteiger partial charge < -0.3 is 10.4 Å². The lowest BCUT2D eigenvalue weighted by Gasteiger charge is -2.18. The Balaban J connectivity index is 1.88. The second-order valence-corrected chi connectivity index (χ2v) is 7.13. The number of imidazole rings is 1. The lowest BCUT2D eigenvalue weighted by Crippen LogP contribution is -2.12. The molecule has 0 radical (unpaired) electrons. The van der Waals surface area contributed by atoms with Crippen LogP contribution in [0.2, 0.25) is 5.02 Å². The number of benzene rings is 2. The molecule has 1 atom stereocenters. The number of thioether (sulfide) groups is 1. The molecule has 25 heavy (non-hydrogen) atoms. The van der Waals surface area contributed by atoms with E-state index in [4.69, 9.17) is 11.6 Å². The van der Waals surface area contributed by atoms with Gasteiger partial charge in [0.15, 0.2) is 5.82 Å². The van der Waals surface area contributed by atoms with Gasteiger partial charge in [-0.15, -0.1) is 11.8 Å². The first kappa shape index (κ1) is 16.1. The molecule has 126 valence electrons. The number of anilines is 1. The predicted octanol–water partition coefficient (Wildman–Crippen LogP) is 4.01. The van der Waals surface area contributed by atoms with Crippen LogP contribution in [0.15, 0.2) is 54.9 Å². The molecule has 0 spiro atoms. The Labute approximate surface area is 153 Å². The number of fused-ring (bicyclic) bond motifs is 1. The third-order valence-corrected chi connectivity index (χ3v) is 5.56. The summed E-state index contributed by atoms with van der Waals surface area (Å²) in [6.45, 7) is 0. The Morgan fingerprint density at radius 3 is 2.80 bits per heavy atom. The molecule has 2 aromatic carbocycles. The molecule has 3 aromatic rings. The molecule has 1 amide bonds. The van der Waals surface area contributed by atoms with Gasteiger partial charge >= 0.3 is 0 Å². The molecule has 0 bridgehead atoms. The zero-order valence-electron chi connectivity index (χ0n) is 13.0. The van der Waals surface area contributed by atoms with Crippen molar-refractivity contribution < 1.29 is 9.90 Å². The van der Waals surface area contributed by atoms with Gasteiger partial charge in [0.25, 0.3) is 0 Å². The minimum atomic E-state index is -0.144. The summed E-state index contributed by atoms with van der Waals surface area (Å²) in [6.07, 6.45) is 1.71. The Morgan fingerprint density at radius 2 is 2.04 bits per heavy atom. The number of amides is 1. The second kappa shape index (κ2) is 6.46. The van der Waals surface area contributed by atoms with Crippen molar-refractivity contribution in [1.29, 1.82) is 0 Å². The number of rotatable bonds is 2. The summed E-state index contributed by atoms with van der Waals surface area (Å²) >= 11 is 7.60. The fraction of sp³-hybridized carbons (Fsp3) is 0.111. The number of hydrogen-bond acceptors (Lipinski definition) is 4. The van der Waals surface area contributed by atoms with Crippen molar-refractivity contribution in [3.05, 3.63) is 71.1 Å². The molecule has 0 saturated heterocycles. The summed E-state index contributed by atoms with van der Waals surface area (Å²) in [5, 5.41) is 12.7. The minimum absolute atomic E-state index is 0.0371. The average molecular weight is 372 g/mol. The quantitative estimate of drug-likeness (QED) is 0.714. The molecule has 1 aliphatic heterocycles. The molecule has 0 aliphatic carbocycles. The monoisotopic (exact) mass is 371 g/mol. The standard InChI is InChI=1S/C18H14ClN3O2S/c19-13-8-11(6-7-14(13)23)17-16-18(21-15(24)9-25-17)20-10-22(16)12-4-2-1-3-5-12/h1-8,10,17,23H,9H2,(H,21,24)/t17-/m1/s1. The number of para-hydroxylation sites is 1. The molecule has 1 aliphatic rings. The molecule has 0 saturated carbocycles. The van der Waals surface area contributed by atoms with E-state index in [0.29, 0.717) is 11.6 Å². The van der Waals surface area contributed by atoms with Gasteiger partial charge in [-0.2, -0.15) is 0 Å². The van der Waals surface area contributed by atoms with Crippen LogP contribution in [0.1, 0.15) is 16.5 Å². The molecule has 2 heterocycles. The highest BCUT2D eigenvalue weighted by Gasteiger charge is 2.29. The Kier molecular flexibility index (Phi) is 4.15. The molecule has 0 fully saturated rings. The van der Waals surface area contributed by atoms with E-state index in [9.17, 15) is 9.90 Å². The molecule has 4 rings (SSSR count). The van der Waals surface area contributed by atoms with E-state index >= 15 is 0 Å². The fourth-order valence-electron chi connectivity index (χ4n) is 2.85. The SMILES string of the molecule is O=C1CS[C@H](c2ccc(O)c(Cl)c2)c2c(ncn2-c2ccccc2)N1. The molecular formula is C18H14ClN3O2S. The Hall–Kier alpha value is -2.44. The van der Waals surface area contributed by atoms with Gasteiger partial charge in [0, 0.05) is 5.69 Å². The number of phenols is 1. The van der Waals surface area contributed by atoms with Crippen molar-refractivity contribution in [1.82, 2.24) is 9.55 Å². The minimum Gasteiger partial charge on any atom is -0.506 e. The van der Waals surface area contributed by atoms with Gasteiger partial charge in [-0.1, -0.05) is 35.9 Å². The van der Waals surface area contributed by atoms with Crippen molar-refractivity contribution in [2.24, 2.45) is 0 Å². The normalized spacial score (nSPS) is 16.8. The smallest absolute Gasteiger partial charge is 0.235 e. The fourth-order valence-corrected chi connectivity index (χ4v) is 4.15. The summed E-state index contributed by atoms with van der Waals surface area (Å²) in [5.41, 5.74) is 2.75. The van der Waals surface area contributed by atoms with Crippen LogP contribution < -0.4 is 5.32 Å². The van der Waals surface area contributed by atoms with E-state index in [2.05, 4.69) is 10.3 Å². The molecule has 0 unspecified atom stereocenters. The van der Waals surface area contributed by atoms with E-state index in [1.165, 1.54) is 11.8 Å². The third-order valence-electron chi connectivity index (χ3n) is 4.00. The summed E-state index contributed by atoms with van der Waals surface area (Å²) in [4.78, 5) is 16.4. The number of nitrogens with one attached hydrogen (secondary N) is 1. The van der Waals surface area contributed by atoms with Gasteiger partial charge in [0.1, 0.15) is 12.1 Å². The van der Waals surface area contributed by atoms with Gasteiger partial charge in [-0.25, -0.2) is 4.98 Å². The Bertz CT molecular complexity index is 943. The van der Waals surface area contributed by atoms with Gasteiger partial charge in [-0.3, -0.25) is 9.36 Å². The maximum Gasteiger partial charge on any atom is 0.235 e. The lowest BCUT2D eigenvalue weighted by molar-refractivity contribution is -0.113. The summed E-state index contributed by atoms with van der Waals surface area (Å²) in [7, 11) is 0. The maximum atomic E-state index is 12.0. The van der Waals surface area contributed by atoms with Crippen molar-refractivity contribution in [3.8, 4) is 11.4 Å². The van der Waals surface area contributed by atoms with Crippen molar-refractivity contribution >= 4 is 35.1 Å². The number of hydrogen-bond donors (Lipinski definition) is 2. The van der Waals surface area contributed by atoms with Crippen LogP contribution >= 0.6 is 23.4 Å². The van der Waals surface area contributed by atoms with Crippen LogP contribution in [-0.4, -0.2) is 26.3 Å². The molecule has 7 heteroatoms. The molecular weight excluding hydrogens is 358 g/mol.